The van der Waals surface area contributed by atoms with Crippen LogP contribution in [0.25, 0.3) is 0 Å². The third-order valence-electron chi connectivity index (χ3n) is 2.85. The van der Waals surface area contributed by atoms with Crippen LogP contribution in [0.5, 0.6) is 0 Å². The molecule has 0 fully saturated rings. The first-order valence-electron chi connectivity index (χ1n) is 6.34. The molecule has 114 valence electrons. The molecule has 0 spiro atoms. The van der Waals surface area contributed by atoms with Crippen LogP contribution in [0, 0.1) is 0 Å². The Labute approximate surface area is 141 Å². The maximum atomic E-state index is 5.86. The molecule has 0 aliphatic carbocycles. The molecular formula is C14H20IN5O. The second kappa shape index (κ2) is 8.63. The van der Waals surface area contributed by atoms with Gasteiger partial charge in [0.15, 0.2) is 5.96 Å². The molecule has 0 saturated heterocycles. The zero-order valence-electron chi connectivity index (χ0n) is 12.1. The second-order valence-electron chi connectivity index (χ2n) is 4.56. The molecule has 0 amide bonds. The summed E-state index contributed by atoms with van der Waals surface area (Å²) in [5.41, 5.74) is 5.86. The molecule has 1 unspecified atom stereocenters. The molecule has 0 aliphatic heterocycles. The summed E-state index contributed by atoms with van der Waals surface area (Å²) < 4.78 is 5.42. The first kappa shape index (κ1) is 17.4. The standard InChI is InChI=1S/C14H19N5O.HI/c1-19(2)11(12-6-5-9-20-12)10-17-14(15)18-13-7-3-4-8-16-13;/h3-9,11H,10H2,1-2H3,(H3,15,16,17,18);1H. The van der Waals surface area contributed by atoms with Gasteiger partial charge in [0.25, 0.3) is 0 Å². The van der Waals surface area contributed by atoms with E-state index < -0.39 is 0 Å². The van der Waals surface area contributed by atoms with E-state index in [1.165, 1.54) is 0 Å². The van der Waals surface area contributed by atoms with Crippen molar-refractivity contribution in [1.29, 1.82) is 0 Å². The normalized spacial score (nSPS) is 12.8. The molecule has 0 aliphatic rings. The van der Waals surface area contributed by atoms with Gasteiger partial charge in [-0.3, -0.25) is 9.89 Å². The van der Waals surface area contributed by atoms with Crippen LogP contribution >= 0.6 is 24.0 Å². The van der Waals surface area contributed by atoms with Crippen LogP contribution in [-0.4, -0.2) is 36.5 Å². The van der Waals surface area contributed by atoms with Crippen LogP contribution in [0.2, 0.25) is 0 Å². The van der Waals surface area contributed by atoms with Gasteiger partial charge in [-0.2, -0.15) is 0 Å². The van der Waals surface area contributed by atoms with Gasteiger partial charge in [0, 0.05) is 6.20 Å². The van der Waals surface area contributed by atoms with Gasteiger partial charge < -0.3 is 15.5 Å². The van der Waals surface area contributed by atoms with Gasteiger partial charge in [0.1, 0.15) is 11.6 Å². The zero-order valence-corrected chi connectivity index (χ0v) is 14.4. The van der Waals surface area contributed by atoms with E-state index in [0.29, 0.717) is 18.3 Å². The van der Waals surface area contributed by atoms with Crippen molar-refractivity contribution in [2.24, 2.45) is 10.7 Å². The number of anilines is 1. The fraction of sp³-hybridized carbons (Fsp3) is 0.286. The Kier molecular flexibility index (Phi) is 7.17. The molecule has 6 nitrogen and oxygen atoms in total. The summed E-state index contributed by atoms with van der Waals surface area (Å²) in [6, 6.07) is 9.41. The molecule has 0 saturated carbocycles. The van der Waals surface area contributed by atoms with E-state index in [4.69, 9.17) is 10.2 Å². The Balaban J connectivity index is 0.00000220. The van der Waals surface area contributed by atoms with E-state index >= 15 is 0 Å². The molecule has 2 aromatic heterocycles. The van der Waals surface area contributed by atoms with E-state index in [0.717, 1.165) is 5.76 Å². The molecule has 3 N–H and O–H groups in total. The molecule has 7 heteroatoms. The van der Waals surface area contributed by atoms with Gasteiger partial charge in [-0.15, -0.1) is 24.0 Å². The van der Waals surface area contributed by atoms with Gasteiger partial charge in [-0.05, 0) is 38.4 Å². The van der Waals surface area contributed by atoms with Crippen LogP contribution in [-0.2, 0) is 0 Å². The number of nitrogens with one attached hydrogen (secondary N) is 1. The van der Waals surface area contributed by atoms with Crippen molar-refractivity contribution in [3.05, 3.63) is 48.6 Å². The largest absolute Gasteiger partial charge is 0.468 e. The lowest BCUT2D eigenvalue weighted by atomic mass is 10.2. The van der Waals surface area contributed by atoms with Gasteiger partial charge in [-0.25, -0.2) is 4.98 Å². The third kappa shape index (κ3) is 5.35. The highest BCUT2D eigenvalue weighted by molar-refractivity contribution is 14.0. The number of rotatable bonds is 5. The minimum atomic E-state index is 0. The molecular weight excluding hydrogens is 381 g/mol. The highest BCUT2D eigenvalue weighted by Gasteiger charge is 2.16. The van der Waals surface area contributed by atoms with Crippen molar-refractivity contribution >= 4 is 35.8 Å². The van der Waals surface area contributed by atoms with Crippen LogP contribution in [0.3, 0.4) is 0 Å². The smallest absolute Gasteiger partial charge is 0.194 e. The first-order chi connectivity index (χ1) is 9.66. The highest BCUT2D eigenvalue weighted by atomic mass is 127. The number of aliphatic imine (C=N–C) groups is 1. The SMILES string of the molecule is CN(C)C(CN=C(N)Nc1ccccn1)c1ccco1.I. The molecule has 2 rings (SSSR count). The summed E-state index contributed by atoms with van der Waals surface area (Å²) >= 11 is 0. The topological polar surface area (TPSA) is 79.7 Å². The van der Waals surface area contributed by atoms with Gasteiger partial charge in [0.2, 0.25) is 0 Å². The van der Waals surface area contributed by atoms with E-state index in [1.54, 1.807) is 12.5 Å². The monoisotopic (exact) mass is 401 g/mol. The van der Waals surface area contributed by atoms with E-state index in [9.17, 15) is 0 Å². The first-order valence-corrected chi connectivity index (χ1v) is 6.34. The Bertz CT molecular complexity index is 542. The van der Waals surface area contributed by atoms with Crippen molar-refractivity contribution < 1.29 is 4.42 Å². The summed E-state index contributed by atoms with van der Waals surface area (Å²) in [7, 11) is 3.95. The van der Waals surface area contributed by atoms with Crippen LogP contribution in [0.15, 0.2) is 52.2 Å². The van der Waals surface area contributed by atoms with E-state index in [-0.39, 0.29) is 30.0 Å². The Hall–Kier alpha value is -1.61. The average Bonchev–Trinajstić information content (AvgIpc) is 2.93. The Morgan fingerprint density at radius 3 is 2.76 bits per heavy atom. The number of hydrogen-bond acceptors (Lipinski definition) is 4. The molecule has 1 atom stereocenters. The number of halogens is 1. The lowest BCUT2D eigenvalue weighted by Gasteiger charge is -2.20. The highest BCUT2D eigenvalue weighted by Crippen LogP contribution is 2.18. The number of pyridine rings is 1. The molecule has 2 heterocycles. The Morgan fingerprint density at radius 1 is 1.38 bits per heavy atom. The van der Waals surface area contributed by atoms with Crippen molar-refractivity contribution in [3.8, 4) is 0 Å². The summed E-state index contributed by atoms with van der Waals surface area (Å²) in [6.45, 7) is 0.506. The molecule has 0 radical (unpaired) electrons. The minimum absolute atomic E-state index is 0. The van der Waals surface area contributed by atoms with Crippen LogP contribution in [0.4, 0.5) is 5.82 Å². The molecule has 0 aromatic carbocycles. The molecule has 2 aromatic rings. The Morgan fingerprint density at radius 2 is 2.19 bits per heavy atom. The van der Waals surface area contributed by atoms with Gasteiger partial charge in [0.05, 0.1) is 18.8 Å². The minimum Gasteiger partial charge on any atom is -0.468 e. The average molecular weight is 401 g/mol. The van der Waals surface area contributed by atoms with Crippen LogP contribution < -0.4 is 11.1 Å². The summed E-state index contributed by atoms with van der Waals surface area (Å²) in [6.07, 6.45) is 3.35. The third-order valence-corrected chi connectivity index (χ3v) is 2.85. The summed E-state index contributed by atoms with van der Waals surface area (Å²) in [5.74, 6) is 1.87. The number of aromatic nitrogens is 1. The number of nitrogens with two attached hydrogens (primary N) is 1. The predicted octanol–water partition coefficient (Wildman–Crippen LogP) is 2.32. The lowest BCUT2D eigenvalue weighted by molar-refractivity contribution is 0.265. The molecule has 0 bridgehead atoms. The number of nitrogens with zero attached hydrogens (tertiary/aromatic N) is 3. The van der Waals surface area contributed by atoms with Crippen LogP contribution in [0.1, 0.15) is 11.8 Å². The predicted molar refractivity (Wildman–Crippen MR) is 94.9 cm³/mol. The maximum Gasteiger partial charge on any atom is 0.194 e. The number of furan rings is 1. The quantitative estimate of drug-likeness (QED) is 0.457. The van der Waals surface area contributed by atoms with E-state index in [2.05, 4.69) is 15.3 Å². The number of guanidine groups is 1. The second-order valence-corrected chi connectivity index (χ2v) is 4.56. The van der Waals surface area contributed by atoms with Crippen molar-refractivity contribution in [1.82, 2.24) is 9.88 Å². The van der Waals surface area contributed by atoms with Crippen molar-refractivity contribution in [3.63, 3.8) is 0 Å². The van der Waals surface area contributed by atoms with Gasteiger partial charge in [-0.1, -0.05) is 6.07 Å². The maximum absolute atomic E-state index is 5.86. The number of likely N-dealkylation sites (N-methyl/N-ethyl adjacent to an activating group) is 1. The summed E-state index contributed by atoms with van der Waals surface area (Å²) in [4.78, 5) is 10.5. The van der Waals surface area contributed by atoms with Crippen molar-refractivity contribution in [2.75, 3.05) is 26.0 Å². The van der Waals surface area contributed by atoms with E-state index in [1.807, 2.05) is 49.3 Å². The lowest BCUT2D eigenvalue weighted by Crippen LogP contribution is -2.27. The summed E-state index contributed by atoms with van der Waals surface area (Å²) in [5, 5.41) is 2.95. The van der Waals surface area contributed by atoms with Gasteiger partial charge >= 0.3 is 0 Å². The fourth-order valence-corrected chi connectivity index (χ4v) is 1.78. The number of hydrogen-bond donors (Lipinski definition) is 2. The molecule has 21 heavy (non-hydrogen) atoms. The zero-order chi connectivity index (χ0) is 14.4. The fourth-order valence-electron chi connectivity index (χ4n) is 1.78. The van der Waals surface area contributed by atoms with Crippen molar-refractivity contribution in [2.45, 2.75) is 6.04 Å².